The van der Waals surface area contributed by atoms with E-state index in [1.807, 2.05) is 25.1 Å². The molecule has 0 spiro atoms. The smallest absolute Gasteiger partial charge is 0.229 e. The Labute approximate surface area is 154 Å². The zero-order valence-electron chi connectivity index (χ0n) is 14.2. The van der Waals surface area contributed by atoms with Gasteiger partial charge in [0.15, 0.2) is 11.6 Å². The first kappa shape index (κ1) is 16.6. The highest BCUT2D eigenvalue weighted by Gasteiger charge is 2.27. The van der Waals surface area contributed by atoms with Gasteiger partial charge in [0.25, 0.3) is 0 Å². The van der Waals surface area contributed by atoms with Crippen LogP contribution in [-0.4, -0.2) is 48.3 Å². The second-order valence-corrected chi connectivity index (χ2v) is 7.00. The molecule has 134 valence electrons. The number of aryl methyl sites for hydroxylation is 1. The van der Waals surface area contributed by atoms with E-state index in [1.54, 1.807) is 11.0 Å². The second kappa shape index (κ2) is 7.16. The lowest BCUT2D eigenvalue weighted by Gasteiger charge is -2.32. The Morgan fingerprint density at radius 2 is 2.15 bits per heavy atom. The minimum Gasteiger partial charge on any atom is -0.354 e. The molecule has 1 amide bonds. The summed E-state index contributed by atoms with van der Waals surface area (Å²) >= 11 is 1.31. The van der Waals surface area contributed by atoms with Gasteiger partial charge in [-0.3, -0.25) is 4.79 Å². The first-order valence-corrected chi connectivity index (χ1v) is 9.14. The van der Waals surface area contributed by atoms with Crippen molar-refractivity contribution in [2.75, 3.05) is 23.3 Å². The summed E-state index contributed by atoms with van der Waals surface area (Å²) in [5.41, 5.74) is 0.915. The fourth-order valence-corrected chi connectivity index (χ4v) is 3.65. The molecule has 1 saturated heterocycles. The molecule has 4 rings (SSSR count). The van der Waals surface area contributed by atoms with Crippen molar-refractivity contribution in [2.24, 2.45) is 5.92 Å². The van der Waals surface area contributed by atoms with Gasteiger partial charge in [-0.1, -0.05) is 0 Å². The summed E-state index contributed by atoms with van der Waals surface area (Å²) in [5.74, 6) is 1.33. The molecule has 26 heavy (non-hydrogen) atoms. The van der Waals surface area contributed by atoms with Crippen LogP contribution in [0.5, 0.6) is 0 Å². The van der Waals surface area contributed by atoms with Gasteiger partial charge >= 0.3 is 0 Å². The Morgan fingerprint density at radius 3 is 2.85 bits per heavy atom. The molecule has 0 bridgehead atoms. The maximum absolute atomic E-state index is 12.5. The molecule has 3 aromatic heterocycles. The first-order chi connectivity index (χ1) is 12.7. The van der Waals surface area contributed by atoms with Gasteiger partial charge in [0.1, 0.15) is 17.7 Å². The molecule has 0 aromatic carbocycles. The quantitative estimate of drug-likeness (QED) is 0.745. The molecule has 1 fully saturated rings. The van der Waals surface area contributed by atoms with Crippen molar-refractivity contribution in [2.45, 2.75) is 19.8 Å². The van der Waals surface area contributed by atoms with Gasteiger partial charge in [-0.25, -0.2) is 9.67 Å². The Hall–Kier alpha value is -2.88. The summed E-state index contributed by atoms with van der Waals surface area (Å²) in [6.07, 6.45) is 4.83. The average molecular weight is 370 g/mol. The van der Waals surface area contributed by atoms with Gasteiger partial charge in [0, 0.05) is 13.1 Å². The number of piperidine rings is 1. The Kier molecular flexibility index (Phi) is 4.57. The van der Waals surface area contributed by atoms with Crippen molar-refractivity contribution in [1.82, 2.24) is 29.3 Å². The van der Waals surface area contributed by atoms with Gasteiger partial charge in [0.2, 0.25) is 5.91 Å². The van der Waals surface area contributed by atoms with Crippen molar-refractivity contribution in [3.63, 3.8) is 0 Å². The van der Waals surface area contributed by atoms with Crippen molar-refractivity contribution in [1.29, 1.82) is 0 Å². The zero-order valence-corrected chi connectivity index (χ0v) is 15.1. The van der Waals surface area contributed by atoms with Crippen molar-refractivity contribution >= 4 is 28.3 Å². The highest BCUT2D eigenvalue weighted by Crippen LogP contribution is 2.24. The largest absolute Gasteiger partial charge is 0.354 e. The highest BCUT2D eigenvalue weighted by molar-refractivity contribution is 7.10. The van der Waals surface area contributed by atoms with E-state index in [4.69, 9.17) is 0 Å². The topological polar surface area (TPSA) is 102 Å². The maximum atomic E-state index is 12.5. The molecule has 1 N–H and O–H groups in total. The predicted molar refractivity (Wildman–Crippen MR) is 97.4 cm³/mol. The average Bonchev–Trinajstić information content (AvgIpc) is 3.34. The lowest BCUT2D eigenvalue weighted by Crippen LogP contribution is -2.41. The lowest BCUT2D eigenvalue weighted by molar-refractivity contribution is -0.120. The maximum Gasteiger partial charge on any atom is 0.229 e. The number of carbonyl (C=O) groups excluding carboxylic acids is 1. The lowest BCUT2D eigenvalue weighted by atomic mass is 9.97. The van der Waals surface area contributed by atoms with Crippen LogP contribution in [0, 0.1) is 12.8 Å². The van der Waals surface area contributed by atoms with Crippen LogP contribution in [0.2, 0.25) is 0 Å². The van der Waals surface area contributed by atoms with Crippen LogP contribution in [0.3, 0.4) is 0 Å². The number of nitrogens with one attached hydrogen (secondary N) is 1. The van der Waals surface area contributed by atoms with Crippen molar-refractivity contribution in [3.8, 4) is 5.82 Å². The van der Waals surface area contributed by atoms with Crippen molar-refractivity contribution < 1.29 is 4.79 Å². The van der Waals surface area contributed by atoms with E-state index in [0.717, 1.165) is 35.9 Å². The zero-order chi connectivity index (χ0) is 17.9. The minimum atomic E-state index is -0.0806. The Bertz CT molecular complexity index is 876. The third kappa shape index (κ3) is 3.54. The summed E-state index contributed by atoms with van der Waals surface area (Å²) in [7, 11) is 0. The summed E-state index contributed by atoms with van der Waals surface area (Å²) in [5, 5.41) is 16.3. The summed E-state index contributed by atoms with van der Waals surface area (Å²) < 4.78 is 5.75. The van der Waals surface area contributed by atoms with Gasteiger partial charge in [0.05, 0.1) is 11.6 Å². The summed E-state index contributed by atoms with van der Waals surface area (Å²) in [4.78, 5) is 18.6. The van der Waals surface area contributed by atoms with Crippen LogP contribution in [0.25, 0.3) is 5.82 Å². The third-order valence-electron chi connectivity index (χ3n) is 4.28. The molecule has 1 aliphatic rings. The summed E-state index contributed by atoms with van der Waals surface area (Å²) in [6.45, 7) is 3.40. The van der Waals surface area contributed by atoms with Crippen LogP contribution in [0.15, 0.2) is 30.9 Å². The number of hydrogen-bond donors (Lipinski definition) is 1. The monoisotopic (exact) mass is 370 g/mol. The van der Waals surface area contributed by atoms with Gasteiger partial charge in [-0.2, -0.15) is 9.47 Å². The molecule has 10 heteroatoms. The predicted octanol–water partition coefficient (Wildman–Crippen LogP) is 1.68. The molecule has 4 heterocycles. The molecule has 3 aromatic rings. The molecular weight excluding hydrogens is 352 g/mol. The molecule has 0 saturated carbocycles. The number of rotatable bonds is 4. The van der Waals surface area contributed by atoms with Gasteiger partial charge in [-0.15, -0.1) is 10.2 Å². The van der Waals surface area contributed by atoms with E-state index in [1.165, 1.54) is 17.9 Å². The number of nitrogens with zero attached hydrogens (tertiary/aromatic N) is 7. The Morgan fingerprint density at radius 1 is 1.31 bits per heavy atom. The normalized spacial score (nSPS) is 17.3. The van der Waals surface area contributed by atoms with E-state index in [9.17, 15) is 4.79 Å². The first-order valence-electron chi connectivity index (χ1n) is 8.37. The van der Waals surface area contributed by atoms with Crippen LogP contribution in [-0.2, 0) is 4.79 Å². The van der Waals surface area contributed by atoms with E-state index < -0.39 is 0 Å². The van der Waals surface area contributed by atoms with Crippen LogP contribution >= 0.6 is 11.5 Å². The number of anilines is 2. The Balaban J connectivity index is 1.42. The number of hydrogen-bond acceptors (Lipinski definition) is 8. The SMILES string of the molecule is Cc1cc(NC(=O)[C@@H]2CCCN(c3ccc(-n4cncn4)nn3)C2)sn1. The third-order valence-corrected chi connectivity index (χ3v) is 5.08. The van der Waals surface area contributed by atoms with E-state index in [-0.39, 0.29) is 11.8 Å². The molecule has 0 aliphatic carbocycles. The van der Waals surface area contributed by atoms with Crippen LogP contribution in [0.1, 0.15) is 18.5 Å². The molecular formula is C16H18N8OS. The van der Waals surface area contributed by atoms with Crippen LogP contribution < -0.4 is 10.2 Å². The van der Waals surface area contributed by atoms with E-state index >= 15 is 0 Å². The number of aromatic nitrogens is 6. The van der Waals surface area contributed by atoms with Gasteiger partial charge in [-0.05, 0) is 49.5 Å². The minimum absolute atomic E-state index is 0.0329. The summed E-state index contributed by atoms with van der Waals surface area (Å²) in [6, 6.07) is 5.63. The number of amides is 1. The van der Waals surface area contributed by atoms with E-state index in [2.05, 4.69) is 34.9 Å². The molecule has 0 unspecified atom stereocenters. The molecule has 1 atom stereocenters. The molecule has 9 nitrogen and oxygen atoms in total. The van der Waals surface area contributed by atoms with Crippen molar-refractivity contribution in [3.05, 3.63) is 36.5 Å². The van der Waals surface area contributed by atoms with Crippen LogP contribution in [0.4, 0.5) is 10.8 Å². The molecule has 1 aliphatic heterocycles. The fraction of sp³-hybridized carbons (Fsp3) is 0.375. The second-order valence-electron chi connectivity index (χ2n) is 6.20. The molecule has 0 radical (unpaired) electrons. The fourth-order valence-electron chi connectivity index (χ4n) is 2.98. The van der Waals surface area contributed by atoms with E-state index in [0.29, 0.717) is 12.4 Å². The number of carbonyl (C=O) groups is 1. The standard InChI is InChI=1S/C16H18N8OS/c1-11-7-15(26-22-11)19-16(25)12-3-2-6-23(8-12)13-4-5-14(21-20-13)24-10-17-9-18-24/h4-5,7,9-10,12H,2-3,6,8H2,1H3,(H,19,25)/t12-/m1/s1. The van der Waals surface area contributed by atoms with Gasteiger partial charge < -0.3 is 10.2 Å². The highest BCUT2D eigenvalue weighted by atomic mass is 32.1.